The molecule has 0 spiro atoms. The van der Waals surface area contributed by atoms with E-state index in [1.165, 1.54) is 29.7 Å². The van der Waals surface area contributed by atoms with Crippen LogP contribution >= 0.6 is 34.5 Å². The number of thiophene rings is 1. The van der Waals surface area contributed by atoms with E-state index in [9.17, 15) is 8.42 Å². The summed E-state index contributed by atoms with van der Waals surface area (Å²) in [6.45, 7) is 3.87. The lowest BCUT2D eigenvalue weighted by Gasteiger charge is -2.09. The SMILES string of the molecule is CC(C)n1cc(S(=O)(=O)Nc2ccc(Cl)cc2Cl)c(-c2cccs2)n1. The van der Waals surface area contributed by atoms with E-state index >= 15 is 0 Å². The van der Waals surface area contributed by atoms with Crippen LogP contribution in [-0.2, 0) is 10.0 Å². The average Bonchev–Trinajstić information content (AvgIpc) is 3.18. The quantitative estimate of drug-likeness (QED) is 0.614. The summed E-state index contributed by atoms with van der Waals surface area (Å²) in [5.41, 5.74) is 0.682. The van der Waals surface area contributed by atoms with Crippen LogP contribution in [0.25, 0.3) is 10.6 Å². The van der Waals surface area contributed by atoms with Gasteiger partial charge in [0, 0.05) is 17.3 Å². The van der Waals surface area contributed by atoms with Gasteiger partial charge < -0.3 is 0 Å². The lowest BCUT2D eigenvalue weighted by Crippen LogP contribution is -2.13. The first kappa shape index (κ1) is 18.3. The third-order valence-electron chi connectivity index (χ3n) is 3.45. The first-order chi connectivity index (χ1) is 11.8. The largest absolute Gasteiger partial charge is 0.278 e. The van der Waals surface area contributed by atoms with Crippen molar-refractivity contribution in [2.45, 2.75) is 24.8 Å². The van der Waals surface area contributed by atoms with Crippen molar-refractivity contribution < 1.29 is 8.42 Å². The maximum absolute atomic E-state index is 12.9. The summed E-state index contributed by atoms with van der Waals surface area (Å²) in [7, 11) is -3.87. The number of hydrogen-bond acceptors (Lipinski definition) is 4. The van der Waals surface area contributed by atoms with Crippen LogP contribution < -0.4 is 4.72 Å². The van der Waals surface area contributed by atoms with Crippen LogP contribution in [0.1, 0.15) is 19.9 Å². The zero-order valence-corrected chi connectivity index (χ0v) is 16.5. The predicted octanol–water partition coefficient (Wildman–Crippen LogP) is 5.30. The van der Waals surface area contributed by atoms with E-state index < -0.39 is 10.0 Å². The molecule has 0 aliphatic rings. The Hall–Kier alpha value is -1.54. The second-order valence-corrected chi connectivity index (χ2v) is 9.06. The van der Waals surface area contributed by atoms with Crippen molar-refractivity contribution in [2.75, 3.05) is 4.72 Å². The number of anilines is 1. The third kappa shape index (κ3) is 3.84. The van der Waals surface area contributed by atoms with Crippen LogP contribution in [0.5, 0.6) is 0 Å². The number of benzene rings is 1. The minimum Gasteiger partial charge on any atom is -0.278 e. The number of halogens is 2. The molecule has 1 N–H and O–H groups in total. The number of sulfonamides is 1. The fraction of sp³-hybridized carbons (Fsp3) is 0.188. The van der Waals surface area contributed by atoms with Crippen LogP contribution in [0.15, 0.2) is 46.8 Å². The Labute approximate surface area is 160 Å². The fourth-order valence-corrected chi connectivity index (χ4v) is 4.72. The molecular weight excluding hydrogens is 401 g/mol. The summed E-state index contributed by atoms with van der Waals surface area (Å²) in [5.74, 6) is 0. The molecule has 0 aliphatic carbocycles. The van der Waals surface area contributed by atoms with Crippen LogP contribution in [0.3, 0.4) is 0 Å². The summed E-state index contributed by atoms with van der Waals surface area (Å²) in [4.78, 5) is 0.886. The fourth-order valence-electron chi connectivity index (χ4n) is 2.19. The minimum atomic E-state index is -3.87. The van der Waals surface area contributed by atoms with E-state index in [-0.39, 0.29) is 21.6 Å². The van der Waals surface area contributed by atoms with Gasteiger partial charge in [-0.15, -0.1) is 11.3 Å². The van der Waals surface area contributed by atoms with Gasteiger partial charge in [0.1, 0.15) is 10.6 Å². The Kier molecular flexibility index (Phi) is 5.11. The normalized spacial score (nSPS) is 11.9. The highest BCUT2D eigenvalue weighted by molar-refractivity contribution is 7.92. The first-order valence-electron chi connectivity index (χ1n) is 7.39. The van der Waals surface area contributed by atoms with E-state index in [4.69, 9.17) is 23.2 Å². The van der Waals surface area contributed by atoms with E-state index in [2.05, 4.69) is 9.82 Å². The molecule has 0 bridgehead atoms. The first-order valence-corrected chi connectivity index (χ1v) is 10.5. The van der Waals surface area contributed by atoms with E-state index in [1.807, 2.05) is 31.4 Å². The van der Waals surface area contributed by atoms with Crippen LogP contribution in [-0.4, -0.2) is 18.2 Å². The number of rotatable bonds is 5. The molecule has 0 saturated heterocycles. The third-order valence-corrected chi connectivity index (χ3v) is 6.24. The Balaban J connectivity index is 2.07. The molecule has 0 radical (unpaired) electrons. The van der Waals surface area contributed by atoms with Gasteiger partial charge in [-0.3, -0.25) is 9.40 Å². The van der Waals surface area contributed by atoms with E-state index in [1.54, 1.807) is 10.7 Å². The lowest BCUT2D eigenvalue weighted by atomic mass is 10.3. The smallest absolute Gasteiger partial charge is 0.265 e. The maximum Gasteiger partial charge on any atom is 0.265 e. The molecule has 0 atom stereocenters. The summed E-state index contributed by atoms with van der Waals surface area (Å²) in [6.07, 6.45) is 1.53. The Morgan fingerprint density at radius 1 is 1.24 bits per heavy atom. The molecule has 0 aliphatic heterocycles. The molecule has 0 fully saturated rings. The van der Waals surface area contributed by atoms with Crippen LogP contribution in [0.4, 0.5) is 5.69 Å². The van der Waals surface area contributed by atoms with Crippen molar-refractivity contribution in [3.63, 3.8) is 0 Å². The molecule has 3 rings (SSSR count). The van der Waals surface area contributed by atoms with Crippen LogP contribution in [0, 0.1) is 0 Å². The maximum atomic E-state index is 12.9. The van der Waals surface area contributed by atoms with Crippen molar-refractivity contribution in [3.8, 4) is 10.6 Å². The van der Waals surface area contributed by atoms with Gasteiger partial charge in [0.25, 0.3) is 10.0 Å². The van der Waals surface area contributed by atoms with Gasteiger partial charge >= 0.3 is 0 Å². The molecule has 2 heterocycles. The average molecular weight is 416 g/mol. The zero-order chi connectivity index (χ0) is 18.2. The number of nitrogens with one attached hydrogen (secondary N) is 1. The van der Waals surface area contributed by atoms with E-state index in [0.717, 1.165) is 4.88 Å². The van der Waals surface area contributed by atoms with Crippen molar-refractivity contribution in [1.82, 2.24) is 9.78 Å². The summed E-state index contributed by atoms with van der Waals surface area (Å²) >= 11 is 13.4. The summed E-state index contributed by atoms with van der Waals surface area (Å²) in [5, 5.41) is 6.99. The molecule has 0 saturated carbocycles. The molecule has 132 valence electrons. The summed E-state index contributed by atoms with van der Waals surface area (Å²) in [6, 6.07) is 8.31. The summed E-state index contributed by atoms with van der Waals surface area (Å²) < 4.78 is 30.0. The van der Waals surface area contributed by atoms with Crippen LogP contribution in [0.2, 0.25) is 10.0 Å². The van der Waals surface area contributed by atoms with Crippen molar-refractivity contribution in [3.05, 3.63) is 52.0 Å². The van der Waals surface area contributed by atoms with Crippen molar-refractivity contribution >= 4 is 50.2 Å². The number of hydrogen-bond donors (Lipinski definition) is 1. The molecule has 5 nitrogen and oxygen atoms in total. The van der Waals surface area contributed by atoms with Gasteiger partial charge in [0.05, 0.1) is 15.6 Å². The molecule has 0 unspecified atom stereocenters. The van der Waals surface area contributed by atoms with Crippen molar-refractivity contribution in [2.24, 2.45) is 0 Å². The predicted molar refractivity (Wildman–Crippen MR) is 103 cm³/mol. The van der Waals surface area contributed by atoms with Crippen molar-refractivity contribution in [1.29, 1.82) is 0 Å². The molecule has 9 heteroatoms. The lowest BCUT2D eigenvalue weighted by molar-refractivity contribution is 0.532. The molecule has 3 aromatic rings. The van der Waals surface area contributed by atoms with Gasteiger partial charge in [-0.25, -0.2) is 8.42 Å². The van der Waals surface area contributed by atoms with Gasteiger partial charge in [0.2, 0.25) is 0 Å². The molecule has 0 amide bonds. The highest BCUT2D eigenvalue weighted by Crippen LogP contribution is 2.33. The molecule has 1 aromatic carbocycles. The molecular formula is C16H15Cl2N3O2S2. The minimum absolute atomic E-state index is 0.0294. The molecule has 2 aromatic heterocycles. The number of nitrogens with zero attached hydrogens (tertiary/aromatic N) is 2. The zero-order valence-electron chi connectivity index (χ0n) is 13.4. The number of aromatic nitrogens is 2. The van der Waals surface area contributed by atoms with Gasteiger partial charge in [-0.2, -0.15) is 5.10 Å². The Morgan fingerprint density at radius 3 is 2.60 bits per heavy atom. The van der Waals surface area contributed by atoms with Gasteiger partial charge in [-0.1, -0.05) is 29.3 Å². The Morgan fingerprint density at radius 2 is 2.00 bits per heavy atom. The second-order valence-electron chi connectivity index (χ2n) is 5.62. The monoisotopic (exact) mass is 415 g/mol. The Bertz CT molecular complexity index is 997. The van der Waals surface area contributed by atoms with Gasteiger partial charge in [0.15, 0.2) is 0 Å². The second kappa shape index (κ2) is 6.99. The standard InChI is InChI=1S/C16H15Cl2N3O2S2/c1-10(2)21-9-15(16(19-21)14-4-3-7-24-14)25(22,23)20-13-6-5-11(17)8-12(13)18/h3-10,20H,1-2H3. The van der Waals surface area contributed by atoms with Gasteiger partial charge in [-0.05, 0) is 43.5 Å². The topological polar surface area (TPSA) is 64.0 Å². The molecule has 25 heavy (non-hydrogen) atoms. The highest BCUT2D eigenvalue weighted by Gasteiger charge is 2.25. The highest BCUT2D eigenvalue weighted by atomic mass is 35.5. The van der Waals surface area contributed by atoms with E-state index in [0.29, 0.717) is 10.7 Å².